The van der Waals surface area contributed by atoms with Crippen LogP contribution in [0.2, 0.25) is 0 Å². The SMILES string of the molecule is O=C(CCCCc1nc2ccccc2s1)N1CCC(c2nnc3ccccn23)CC1. The van der Waals surface area contributed by atoms with Crippen molar-refractivity contribution in [3.05, 3.63) is 59.5 Å². The Labute approximate surface area is 179 Å². The van der Waals surface area contributed by atoms with Crippen LogP contribution in [0, 0.1) is 0 Å². The highest BCUT2D eigenvalue weighted by Crippen LogP contribution is 2.28. The van der Waals surface area contributed by atoms with Gasteiger partial charge in [0.15, 0.2) is 5.65 Å². The summed E-state index contributed by atoms with van der Waals surface area (Å²) in [5.41, 5.74) is 1.97. The monoisotopic (exact) mass is 419 g/mol. The van der Waals surface area contributed by atoms with Crippen molar-refractivity contribution in [2.45, 2.75) is 44.4 Å². The topological polar surface area (TPSA) is 63.4 Å². The van der Waals surface area contributed by atoms with Crippen LogP contribution in [0.15, 0.2) is 48.7 Å². The average molecular weight is 420 g/mol. The van der Waals surface area contributed by atoms with Gasteiger partial charge >= 0.3 is 0 Å². The van der Waals surface area contributed by atoms with Crippen molar-refractivity contribution in [3.8, 4) is 0 Å². The van der Waals surface area contributed by atoms with Gasteiger partial charge in [0.05, 0.1) is 15.2 Å². The summed E-state index contributed by atoms with van der Waals surface area (Å²) in [4.78, 5) is 19.3. The molecule has 0 N–H and O–H groups in total. The fourth-order valence-corrected chi connectivity index (χ4v) is 5.27. The molecule has 1 aliphatic heterocycles. The molecular weight excluding hydrogens is 394 g/mol. The van der Waals surface area contributed by atoms with Gasteiger partial charge in [0.1, 0.15) is 5.82 Å². The predicted molar refractivity (Wildman–Crippen MR) is 119 cm³/mol. The van der Waals surface area contributed by atoms with Crippen molar-refractivity contribution in [3.63, 3.8) is 0 Å². The van der Waals surface area contributed by atoms with Crippen molar-refractivity contribution in [1.29, 1.82) is 0 Å². The first-order chi connectivity index (χ1) is 14.8. The second kappa shape index (κ2) is 8.52. The molecule has 3 aromatic heterocycles. The van der Waals surface area contributed by atoms with E-state index in [4.69, 9.17) is 0 Å². The maximum Gasteiger partial charge on any atom is 0.222 e. The number of thiazole rings is 1. The molecule has 0 unspecified atom stereocenters. The van der Waals surface area contributed by atoms with Crippen molar-refractivity contribution in [2.75, 3.05) is 13.1 Å². The van der Waals surface area contributed by atoms with E-state index in [2.05, 4.69) is 37.8 Å². The number of aryl methyl sites for hydroxylation is 1. The van der Waals surface area contributed by atoms with Gasteiger partial charge in [0.25, 0.3) is 0 Å². The zero-order valence-electron chi connectivity index (χ0n) is 16.9. The normalized spacial score (nSPS) is 15.3. The van der Waals surface area contributed by atoms with Gasteiger partial charge in [-0.2, -0.15) is 0 Å². The smallest absolute Gasteiger partial charge is 0.222 e. The molecule has 4 heterocycles. The number of benzene rings is 1. The Kier molecular flexibility index (Phi) is 5.45. The highest BCUT2D eigenvalue weighted by molar-refractivity contribution is 7.18. The first-order valence-electron chi connectivity index (χ1n) is 10.7. The number of para-hydroxylation sites is 1. The molecule has 6 nitrogen and oxygen atoms in total. The Bertz CT molecular complexity index is 1130. The molecule has 1 saturated heterocycles. The average Bonchev–Trinajstić information content (AvgIpc) is 3.40. The van der Waals surface area contributed by atoms with Gasteiger partial charge in [0.2, 0.25) is 5.91 Å². The van der Waals surface area contributed by atoms with E-state index in [9.17, 15) is 4.79 Å². The number of rotatable bonds is 6. The minimum atomic E-state index is 0.281. The fourth-order valence-electron chi connectivity index (χ4n) is 4.26. The molecule has 1 fully saturated rings. The van der Waals surface area contributed by atoms with E-state index in [1.54, 1.807) is 11.3 Å². The third kappa shape index (κ3) is 3.94. The third-order valence-corrected chi connectivity index (χ3v) is 7.02. The maximum atomic E-state index is 12.6. The van der Waals surface area contributed by atoms with Crippen molar-refractivity contribution in [2.24, 2.45) is 0 Å². The molecule has 154 valence electrons. The van der Waals surface area contributed by atoms with Crippen LogP contribution in [0.25, 0.3) is 15.9 Å². The van der Waals surface area contributed by atoms with E-state index >= 15 is 0 Å². The second-order valence-corrected chi connectivity index (χ2v) is 9.04. The fraction of sp³-hybridized carbons (Fsp3) is 0.391. The Morgan fingerprint density at radius 2 is 1.87 bits per heavy atom. The zero-order valence-corrected chi connectivity index (χ0v) is 17.7. The number of carbonyl (C=O) groups excluding carboxylic acids is 1. The predicted octanol–water partition coefficient (Wildman–Crippen LogP) is 4.46. The molecule has 7 heteroatoms. The molecule has 0 saturated carbocycles. The largest absolute Gasteiger partial charge is 0.343 e. The highest BCUT2D eigenvalue weighted by atomic mass is 32.1. The van der Waals surface area contributed by atoms with E-state index < -0.39 is 0 Å². The molecule has 1 aliphatic rings. The second-order valence-electron chi connectivity index (χ2n) is 7.92. The maximum absolute atomic E-state index is 12.6. The summed E-state index contributed by atoms with van der Waals surface area (Å²) in [5, 5.41) is 9.83. The van der Waals surface area contributed by atoms with E-state index in [0.29, 0.717) is 12.3 Å². The Morgan fingerprint density at radius 1 is 1.03 bits per heavy atom. The number of likely N-dealkylation sites (tertiary alicyclic amines) is 1. The van der Waals surface area contributed by atoms with Crippen LogP contribution < -0.4 is 0 Å². The van der Waals surface area contributed by atoms with Gasteiger partial charge in [-0.3, -0.25) is 9.20 Å². The molecule has 30 heavy (non-hydrogen) atoms. The lowest BCUT2D eigenvalue weighted by Crippen LogP contribution is -2.38. The standard InChI is InChI=1S/C23H25N5OS/c29-22(11-4-3-10-21-24-18-7-1-2-8-19(18)30-21)27-15-12-17(13-16-27)23-26-25-20-9-5-6-14-28(20)23/h1-2,5-9,14,17H,3-4,10-13,15-16H2. The molecule has 0 bridgehead atoms. The third-order valence-electron chi connectivity index (χ3n) is 5.92. The number of unbranched alkanes of at least 4 members (excludes halogenated alkanes) is 1. The summed E-state index contributed by atoms with van der Waals surface area (Å²) in [6, 6.07) is 14.2. The summed E-state index contributed by atoms with van der Waals surface area (Å²) >= 11 is 1.76. The van der Waals surface area contributed by atoms with Crippen molar-refractivity contribution in [1.82, 2.24) is 24.5 Å². The van der Waals surface area contributed by atoms with E-state index in [1.165, 1.54) is 9.71 Å². The summed E-state index contributed by atoms with van der Waals surface area (Å²) in [6.45, 7) is 1.62. The minimum Gasteiger partial charge on any atom is -0.343 e. The molecule has 0 spiro atoms. The summed E-state index contributed by atoms with van der Waals surface area (Å²) in [5.74, 6) is 1.67. The van der Waals surface area contributed by atoms with E-state index in [-0.39, 0.29) is 5.91 Å². The van der Waals surface area contributed by atoms with Gasteiger partial charge in [-0.15, -0.1) is 21.5 Å². The van der Waals surface area contributed by atoms with Crippen LogP contribution in [0.5, 0.6) is 0 Å². The van der Waals surface area contributed by atoms with E-state index in [1.807, 2.05) is 35.4 Å². The van der Waals surface area contributed by atoms with Crippen LogP contribution in [0.1, 0.15) is 48.9 Å². The number of fused-ring (bicyclic) bond motifs is 2. The van der Waals surface area contributed by atoms with Gasteiger partial charge in [-0.05, 0) is 56.4 Å². The number of hydrogen-bond acceptors (Lipinski definition) is 5. The molecular formula is C23H25N5OS. The quantitative estimate of drug-likeness (QED) is 0.433. The molecule has 5 rings (SSSR count). The molecule has 0 atom stereocenters. The van der Waals surface area contributed by atoms with Crippen molar-refractivity contribution >= 4 is 33.1 Å². The Morgan fingerprint density at radius 3 is 2.73 bits per heavy atom. The van der Waals surface area contributed by atoms with Crippen LogP contribution in [0.3, 0.4) is 0 Å². The number of aromatic nitrogens is 4. The van der Waals surface area contributed by atoms with Gasteiger partial charge in [-0.1, -0.05) is 18.2 Å². The lowest BCUT2D eigenvalue weighted by molar-refractivity contribution is -0.132. The first kappa shape index (κ1) is 19.2. The number of hydrogen-bond donors (Lipinski definition) is 0. The van der Waals surface area contributed by atoms with Gasteiger partial charge in [-0.25, -0.2) is 4.98 Å². The molecule has 1 amide bonds. The summed E-state index contributed by atoms with van der Waals surface area (Å²) in [6.07, 6.45) is 7.43. The molecule has 1 aromatic carbocycles. The van der Waals surface area contributed by atoms with Crippen LogP contribution in [0.4, 0.5) is 0 Å². The van der Waals surface area contributed by atoms with Crippen molar-refractivity contribution < 1.29 is 4.79 Å². The van der Waals surface area contributed by atoms with Crippen LogP contribution in [-0.4, -0.2) is 43.5 Å². The highest BCUT2D eigenvalue weighted by Gasteiger charge is 2.26. The Balaban J connectivity index is 1.08. The van der Waals surface area contributed by atoms with Gasteiger partial charge < -0.3 is 4.90 Å². The summed E-state index contributed by atoms with van der Waals surface area (Å²) < 4.78 is 3.32. The lowest BCUT2D eigenvalue weighted by Gasteiger charge is -2.31. The Hall–Kier alpha value is -2.80. The number of nitrogens with zero attached hydrogens (tertiary/aromatic N) is 5. The number of amides is 1. The van der Waals surface area contributed by atoms with E-state index in [0.717, 1.165) is 62.2 Å². The number of carbonyl (C=O) groups is 1. The van der Waals surface area contributed by atoms with Gasteiger partial charge in [0, 0.05) is 31.6 Å². The lowest BCUT2D eigenvalue weighted by atomic mass is 9.95. The van der Waals surface area contributed by atoms with Crippen LogP contribution in [-0.2, 0) is 11.2 Å². The molecule has 0 radical (unpaired) electrons. The number of pyridine rings is 1. The molecule has 0 aliphatic carbocycles. The minimum absolute atomic E-state index is 0.281. The summed E-state index contributed by atoms with van der Waals surface area (Å²) in [7, 11) is 0. The first-order valence-corrected chi connectivity index (χ1v) is 11.5. The molecule has 4 aromatic rings. The zero-order chi connectivity index (χ0) is 20.3. The number of piperidine rings is 1. The van der Waals surface area contributed by atoms with Crippen LogP contribution >= 0.6 is 11.3 Å².